The highest BCUT2D eigenvalue weighted by Crippen LogP contribution is 2.30. The van der Waals surface area contributed by atoms with Crippen molar-refractivity contribution in [2.75, 3.05) is 6.54 Å². The fourth-order valence-electron chi connectivity index (χ4n) is 2.75. The summed E-state index contributed by atoms with van der Waals surface area (Å²) in [6.45, 7) is 2.16. The van der Waals surface area contributed by atoms with Crippen molar-refractivity contribution in [3.63, 3.8) is 0 Å². The van der Waals surface area contributed by atoms with Crippen molar-refractivity contribution in [3.8, 4) is 0 Å². The molecule has 1 aromatic carbocycles. The van der Waals surface area contributed by atoms with E-state index in [1.165, 1.54) is 42.5 Å². The Hall–Kier alpha value is -1.12. The Bertz CT molecular complexity index is 494. The van der Waals surface area contributed by atoms with Crippen LogP contribution < -0.4 is 5.32 Å². The maximum absolute atomic E-state index is 3.57. The summed E-state index contributed by atoms with van der Waals surface area (Å²) in [5.74, 6) is 0. The maximum Gasteiger partial charge on any atom is 0.0299 e. The minimum absolute atomic E-state index is 1.05. The second-order valence-corrected chi connectivity index (χ2v) is 6.50. The summed E-state index contributed by atoms with van der Waals surface area (Å²) in [5.41, 5.74) is 3.06. The van der Waals surface area contributed by atoms with Gasteiger partial charge in [-0.2, -0.15) is 0 Å². The summed E-state index contributed by atoms with van der Waals surface area (Å²) < 4.78 is 0. The van der Waals surface area contributed by atoms with Gasteiger partial charge in [-0.25, -0.2) is 0 Å². The topological polar surface area (TPSA) is 12.0 Å². The van der Waals surface area contributed by atoms with Crippen LogP contribution in [-0.4, -0.2) is 6.54 Å². The number of hydrogen-bond donors (Lipinski definition) is 1. The van der Waals surface area contributed by atoms with E-state index in [0.29, 0.717) is 0 Å². The minimum Gasteiger partial charge on any atom is -0.312 e. The summed E-state index contributed by atoms with van der Waals surface area (Å²) in [6.07, 6.45) is 6.38. The molecule has 1 heterocycles. The predicted molar refractivity (Wildman–Crippen MR) is 82.8 cm³/mol. The SMILES string of the molecule is c1ccc(CCCNCc2cc3c(s2)CCC3)cc1. The van der Waals surface area contributed by atoms with Gasteiger partial charge in [-0.1, -0.05) is 30.3 Å². The Morgan fingerprint density at radius 1 is 1.11 bits per heavy atom. The molecule has 0 unspecified atom stereocenters. The number of hydrogen-bond acceptors (Lipinski definition) is 2. The molecule has 0 spiro atoms. The van der Waals surface area contributed by atoms with Crippen LogP contribution in [0, 0.1) is 0 Å². The third kappa shape index (κ3) is 3.46. The standard InChI is InChI=1S/C17H21NS/c1-2-6-14(7-3-1)8-5-11-18-13-16-12-15-9-4-10-17(15)19-16/h1-3,6-7,12,18H,4-5,8-11,13H2. The van der Waals surface area contributed by atoms with Gasteiger partial charge in [0.2, 0.25) is 0 Å². The molecular formula is C17H21NS. The lowest BCUT2D eigenvalue weighted by atomic mass is 10.1. The highest BCUT2D eigenvalue weighted by atomic mass is 32.1. The van der Waals surface area contributed by atoms with Crippen LogP contribution in [0.5, 0.6) is 0 Å². The molecule has 0 saturated heterocycles. The molecule has 3 rings (SSSR count). The van der Waals surface area contributed by atoms with Crippen LogP contribution >= 0.6 is 11.3 Å². The molecular weight excluding hydrogens is 250 g/mol. The second kappa shape index (κ2) is 6.36. The normalized spacial score (nSPS) is 13.7. The molecule has 0 fully saturated rings. The number of aryl methyl sites for hydroxylation is 3. The van der Waals surface area contributed by atoms with Gasteiger partial charge < -0.3 is 5.32 Å². The van der Waals surface area contributed by atoms with Crippen LogP contribution in [0.2, 0.25) is 0 Å². The number of rotatable bonds is 6. The van der Waals surface area contributed by atoms with E-state index in [9.17, 15) is 0 Å². The lowest BCUT2D eigenvalue weighted by molar-refractivity contribution is 0.654. The van der Waals surface area contributed by atoms with Crippen molar-refractivity contribution in [3.05, 3.63) is 57.3 Å². The van der Waals surface area contributed by atoms with E-state index >= 15 is 0 Å². The number of thiophene rings is 1. The highest BCUT2D eigenvalue weighted by molar-refractivity contribution is 7.12. The van der Waals surface area contributed by atoms with Gasteiger partial charge >= 0.3 is 0 Å². The Labute approximate surface area is 119 Å². The van der Waals surface area contributed by atoms with Gasteiger partial charge in [-0.05, 0) is 55.8 Å². The first-order chi connectivity index (χ1) is 9.42. The van der Waals surface area contributed by atoms with Crippen molar-refractivity contribution >= 4 is 11.3 Å². The lowest BCUT2D eigenvalue weighted by Gasteiger charge is -2.03. The Morgan fingerprint density at radius 2 is 2.00 bits per heavy atom. The molecule has 0 aliphatic heterocycles. The average molecular weight is 271 g/mol. The lowest BCUT2D eigenvalue weighted by Crippen LogP contribution is -2.14. The Kier molecular flexibility index (Phi) is 4.31. The molecule has 0 saturated carbocycles. The molecule has 2 aromatic rings. The molecule has 1 aliphatic rings. The zero-order chi connectivity index (χ0) is 12.9. The number of fused-ring (bicyclic) bond motifs is 1. The smallest absolute Gasteiger partial charge is 0.0299 e. The van der Waals surface area contributed by atoms with Crippen molar-refractivity contribution in [2.24, 2.45) is 0 Å². The molecule has 0 atom stereocenters. The number of benzene rings is 1. The summed E-state index contributed by atoms with van der Waals surface area (Å²) in [4.78, 5) is 3.16. The molecule has 0 bridgehead atoms. The summed E-state index contributed by atoms with van der Waals surface area (Å²) >= 11 is 2.01. The maximum atomic E-state index is 3.57. The molecule has 2 heteroatoms. The van der Waals surface area contributed by atoms with Crippen molar-refractivity contribution in [2.45, 2.75) is 38.6 Å². The first-order valence-corrected chi connectivity index (χ1v) is 8.08. The van der Waals surface area contributed by atoms with Gasteiger partial charge in [0.25, 0.3) is 0 Å². The zero-order valence-corrected chi connectivity index (χ0v) is 12.1. The summed E-state index contributed by atoms with van der Waals surface area (Å²) in [6, 6.07) is 13.2. The van der Waals surface area contributed by atoms with Gasteiger partial charge in [-0.3, -0.25) is 0 Å². The summed E-state index contributed by atoms with van der Waals surface area (Å²) in [7, 11) is 0. The molecule has 1 N–H and O–H groups in total. The van der Waals surface area contributed by atoms with E-state index < -0.39 is 0 Å². The Morgan fingerprint density at radius 3 is 2.84 bits per heavy atom. The second-order valence-electron chi connectivity index (χ2n) is 5.28. The fraction of sp³-hybridized carbons (Fsp3) is 0.412. The van der Waals surface area contributed by atoms with Crippen molar-refractivity contribution in [1.29, 1.82) is 0 Å². The van der Waals surface area contributed by atoms with Gasteiger partial charge in [0.15, 0.2) is 0 Å². The van der Waals surface area contributed by atoms with E-state index in [1.807, 2.05) is 11.3 Å². The number of nitrogens with one attached hydrogen (secondary N) is 1. The average Bonchev–Trinajstić information content (AvgIpc) is 3.00. The monoisotopic (exact) mass is 271 g/mol. The molecule has 100 valence electrons. The van der Waals surface area contributed by atoms with Crippen LogP contribution in [0.1, 0.15) is 33.7 Å². The molecule has 1 nitrogen and oxygen atoms in total. The van der Waals surface area contributed by atoms with Crippen LogP contribution in [0.15, 0.2) is 36.4 Å². The van der Waals surface area contributed by atoms with Crippen LogP contribution in [0.25, 0.3) is 0 Å². The third-order valence-corrected chi connectivity index (χ3v) is 5.00. The van der Waals surface area contributed by atoms with Crippen molar-refractivity contribution < 1.29 is 0 Å². The van der Waals surface area contributed by atoms with Crippen LogP contribution in [0.3, 0.4) is 0 Å². The van der Waals surface area contributed by atoms with E-state index in [-0.39, 0.29) is 0 Å². The molecule has 1 aliphatic carbocycles. The van der Waals surface area contributed by atoms with Gasteiger partial charge in [0.05, 0.1) is 0 Å². The molecule has 0 amide bonds. The third-order valence-electron chi connectivity index (χ3n) is 3.76. The minimum atomic E-state index is 1.05. The van der Waals surface area contributed by atoms with Crippen LogP contribution in [-0.2, 0) is 25.8 Å². The Balaban J connectivity index is 1.37. The van der Waals surface area contributed by atoms with E-state index in [0.717, 1.165) is 13.1 Å². The van der Waals surface area contributed by atoms with E-state index in [1.54, 1.807) is 10.4 Å². The molecule has 1 aromatic heterocycles. The van der Waals surface area contributed by atoms with Gasteiger partial charge in [-0.15, -0.1) is 11.3 Å². The first-order valence-electron chi connectivity index (χ1n) is 7.27. The molecule has 0 radical (unpaired) electrons. The quantitative estimate of drug-likeness (QED) is 0.784. The van der Waals surface area contributed by atoms with Crippen LogP contribution in [0.4, 0.5) is 0 Å². The zero-order valence-electron chi connectivity index (χ0n) is 11.3. The van der Waals surface area contributed by atoms with Crippen molar-refractivity contribution in [1.82, 2.24) is 5.32 Å². The predicted octanol–water partition coefficient (Wildman–Crippen LogP) is 3.96. The largest absolute Gasteiger partial charge is 0.312 e. The van der Waals surface area contributed by atoms with Gasteiger partial charge in [0.1, 0.15) is 0 Å². The fourth-order valence-corrected chi connectivity index (χ4v) is 3.98. The first kappa shape index (κ1) is 12.9. The van der Waals surface area contributed by atoms with Gasteiger partial charge in [0, 0.05) is 16.3 Å². The summed E-state index contributed by atoms with van der Waals surface area (Å²) in [5, 5.41) is 3.57. The highest BCUT2D eigenvalue weighted by Gasteiger charge is 2.14. The van der Waals surface area contributed by atoms with E-state index in [2.05, 4.69) is 41.7 Å². The van der Waals surface area contributed by atoms with E-state index in [4.69, 9.17) is 0 Å². The molecule has 19 heavy (non-hydrogen) atoms.